The molecular formula is C14H21N5O2. The molecule has 0 amide bonds. The van der Waals surface area contributed by atoms with Crippen molar-refractivity contribution in [1.82, 2.24) is 23.6 Å². The molecule has 0 bridgehead atoms. The number of imidazole rings is 1. The normalized spacial score (nSPS) is 20.2. The minimum Gasteiger partial charge on any atom is -0.311 e. The number of aromatic nitrogens is 4. The Bertz CT molecular complexity index is 785. The molecule has 1 fully saturated rings. The number of likely N-dealkylation sites (tertiary alicyclic amines) is 1. The molecule has 0 unspecified atom stereocenters. The van der Waals surface area contributed by atoms with Crippen LogP contribution in [0.1, 0.15) is 26.2 Å². The number of nitrogens with zero attached hydrogens (tertiary/aromatic N) is 5. The van der Waals surface area contributed by atoms with Crippen LogP contribution in [0.4, 0.5) is 0 Å². The molecular weight excluding hydrogens is 270 g/mol. The number of hydrogen-bond acceptors (Lipinski definition) is 4. The first-order chi connectivity index (χ1) is 10.0. The molecule has 114 valence electrons. The molecule has 0 N–H and O–H groups in total. The van der Waals surface area contributed by atoms with Crippen molar-refractivity contribution < 1.29 is 0 Å². The van der Waals surface area contributed by atoms with Gasteiger partial charge in [0, 0.05) is 26.7 Å². The Hall–Kier alpha value is -1.89. The van der Waals surface area contributed by atoms with Gasteiger partial charge in [-0.15, -0.1) is 0 Å². The van der Waals surface area contributed by atoms with Crippen molar-refractivity contribution in [2.75, 3.05) is 6.54 Å². The molecule has 2 aromatic rings. The lowest BCUT2D eigenvalue weighted by Crippen LogP contribution is -2.40. The van der Waals surface area contributed by atoms with Gasteiger partial charge < -0.3 is 4.57 Å². The van der Waals surface area contributed by atoms with E-state index in [1.807, 2.05) is 4.57 Å². The van der Waals surface area contributed by atoms with Crippen LogP contribution in [0.15, 0.2) is 15.9 Å². The van der Waals surface area contributed by atoms with E-state index in [9.17, 15) is 9.59 Å². The van der Waals surface area contributed by atoms with E-state index in [2.05, 4.69) is 16.8 Å². The number of hydrogen-bond donors (Lipinski definition) is 0. The van der Waals surface area contributed by atoms with E-state index in [1.165, 1.54) is 30.9 Å². The van der Waals surface area contributed by atoms with Crippen molar-refractivity contribution in [3.8, 4) is 0 Å². The van der Waals surface area contributed by atoms with E-state index >= 15 is 0 Å². The van der Waals surface area contributed by atoms with Crippen molar-refractivity contribution in [2.24, 2.45) is 14.1 Å². The van der Waals surface area contributed by atoms with Crippen LogP contribution in [0.5, 0.6) is 0 Å². The molecule has 2 aromatic heterocycles. The van der Waals surface area contributed by atoms with Crippen LogP contribution in [0.3, 0.4) is 0 Å². The van der Waals surface area contributed by atoms with E-state index in [-0.39, 0.29) is 11.2 Å². The van der Waals surface area contributed by atoms with Gasteiger partial charge in [0.2, 0.25) is 0 Å². The molecule has 0 radical (unpaired) electrons. The molecule has 0 saturated carbocycles. The van der Waals surface area contributed by atoms with Gasteiger partial charge in [-0.2, -0.15) is 0 Å². The van der Waals surface area contributed by atoms with E-state index in [0.29, 0.717) is 23.9 Å². The third-order valence-electron chi connectivity index (χ3n) is 4.49. The van der Waals surface area contributed by atoms with Gasteiger partial charge >= 0.3 is 5.69 Å². The summed E-state index contributed by atoms with van der Waals surface area (Å²) in [5.41, 5.74) is 0.324. The second-order valence-corrected chi connectivity index (χ2v) is 5.89. The minimum atomic E-state index is -0.343. The molecule has 1 saturated heterocycles. The summed E-state index contributed by atoms with van der Waals surface area (Å²) < 4.78 is 4.42. The fraction of sp³-hybridized carbons (Fsp3) is 0.643. The van der Waals surface area contributed by atoms with Crippen molar-refractivity contribution >= 4 is 11.2 Å². The van der Waals surface area contributed by atoms with Gasteiger partial charge in [0.25, 0.3) is 5.56 Å². The van der Waals surface area contributed by atoms with Gasteiger partial charge in [-0.05, 0) is 19.8 Å². The first kappa shape index (κ1) is 14.1. The van der Waals surface area contributed by atoms with Crippen molar-refractivity contribution in [2.45, 2.75) is 38.9 Å². The Morgan fingerprint density at radius 1 is 1.24 bits per heavy atom. The second kappa shape index (κ2) is 5.14. The lowest BCUT2D eigenvalue weighted by atomic mass is 10.0. The van der Waals surface area contributed by atoms with Gasteiger partial charge in [-0.3, -0.25) is 18.8 Å². The maximum atomic E-state index is 12.4. The van der Waals surface area contributed by atoms with Gasteiger partial charge in [0.15, 0.2) is 11.2 Å². The van der Waals surface area contributed by atoms with Gasteiger partial charge in [-0.25, -0.2) is 9.78 Å². The quantitative estimate of drug-likeness (QED) is 0.796. The first-order valence-electron chi connectivity index (χ1n) is 7.35. The molecule has 0 aliphatic carbocycles. The van der Waals surface area contributed by atoms with Crippen molar-refractivity contribution in [3.63, 3.8) is 0 Å². The monoisotopic (exact) mass is 291 g/mol. The standard InChI is InChI=1S/C14H21N5O2/c1-10-6-4-5-7-18(10)9-19-8-15-12-11(19)13(20)17(3)14(21)16(12)2/h8,10H,4-7,9H2,1-3H3/t10-/m1/s1. The second-order valence-electron chi connectivity index (χ2n) is 5.89. The highest BCUT2D eigenvalue weighted by atomic mass is 16.2. The summed E-state index contributed by atoms with van der Waals surface area (Å²) in [6, 6.07) is 0.507. The van der Waals surface area contributed by atoms with E-state index in [4.69, 9.17) is 0 Å². The number of rotatable bonds is 2. The van der Waals surface area contributed by atoms with Crippen LogP contribution in [-0.4, -0.2) is 36.2 Å². The van der Waals surface area contributed by atoms with E-state index in [0.717, 1.165) is 11.1 Å². The molecule has 1 atom stereocenters. The summed E-state index contributed by atoms with van der Waals surface area (Å²) in [7, 11) is 3.15. The van der Waals surface area contributed by atoms with Crippen molar-refractivity contribution in [3.05, 3.63) is 27.2 Å². The largest absolute Gasteiger partial charge is 0.332 e. The number of fused-ring (bicyclic) bond motifs is 1. The summed E-state index contributed by atoms with van der Waals surface area (Å²) in [5.74, 6) is 0. The average molecular weight is 291 g/mol. The molecule has 1 aliphatic heterocycles. The Morgan fingerprint density at radius 3 is 2.71 bits per heavy atom. The molecule has 3 rings (SSSR count). The van der Waals surface area contributed by atoms with Crippen LogP contribution in [0, 0.1) is 0 Å². The van der Waals surface area contributed by atoms with Crippen LogP contribution in [-0.2, 0) is 20.8 Å². The highest BCUT2D eigenvalue weighted by molar-refractivity contribution is 5.69. The van der Waals surface area contributed by atoms with Crippen LogP contribution in [0.25, 0.3) is 11.2 Å². The smallest absolute Gasteiger partial charge is 0.311 e. The third-order valence-corrected chi connectivity index (χ3v) is 4.49. The minimum absolute atomic E-state index is 0.282. The summed E-state index contributed by atoms with van der Waals surface area (Å²) in [6.07, 6.45) is 5.29. The number of piperidine rings is 1. The maximum Gasteiger partial charge on any atom is 0.332 e. The van der Waals surface area contributed by atoms with Crippen molar-refractivity contribution in [1.29, 1.82) is 0 Å². The van der Waals surface area contributed by atoms with Crippen LogP contribution < -0.4 is 11.2 Å². The Morgan fingerprint density at radius 2 is 2.00 bits per heavy atom. The molecule has 0 spiro atoms. The predicted molar refractivity (Wildman–Crippen MR) is 80.2 cm³/mol. The fourth-order valence-electron chi connectivity index (χ4n) is 3.07. The lowest BCUT2D eigenvalue weighted by Gasteiger charge is -2.33. The maximum absolute atomic E-state index is 12.4. The number of aryl methyl sites for hydroxylation is 1. The zero-order valence-electron chi connectivity index (χ0n) is 12.7. The highest BCUT2D eigenvalue weighted by Crippen LogP contribution is 2.18. The zero-order valence-corrected chi connectivity index (χ0v) is 12.7. The van der Waals surface area contributed by atoms with Crippen LogP contribution in [0.2, 0.25) is 0 Å². The zero-order chi connectivity index (χ0) is 15.1. The molecule has 7 heteroatoms. The predicted octanol–water partition coefficient (Wildman–Crippen LogP) is 0.266. The molecule has 1 aliphatic rings. The topological polar surface area (TPSA) is 65.1 Å². The van der Waals surface area contributed by atoms with Gasteiger partial charge in [0.05, 0.1) is 13.0 Å². The summed E-state index contributed by atoms with van der Waals surface area (Å²) in [5, 5.41) is 0. The third kappa shape index (κ3) is 2.21. The molecule has 0 aromatic carbocycles. The first-order valence-corrected chi connectivity index (χ1v) is 7.35. The van der Waals surface area contributed by atoms with Crippen LogP contribution >= 0.6 is 0 Å². The summed E-state index contributed by atoms with van der Waals surface area (Å²) >= 11 is 0. The molecule has 3 heterocycles. The fourth-order valence-corrected chi connectivity index (χ4v) is 3.07. The van der Waals surface area contributed by atoms with Gasteiger partial charge in [-0.1, -0.05) is 6.42 Å². The highest BCUT2D eigenvalue weighted by Gasteiger charge is 2.21. The Kier molecular flexibility index (Phi) is 3.44. The summed E-state index contributed by atoms with van der Waals surface area (Å²) in [6.45, 7) is 3.89. The Balaban J connectivity index is 2.08. The average Bonchev–Trinajstić information content (AvgIpc) is 2.89. The van der Waals surface area contributed by atoms with E-state index < -0.39 is 0 Å². The van der Waals surface area contributed by atoms with E-state index in [1.54, 1.807) is 13.4 Å². The lowest BCUT2D eigenvalue weighted by molar-refractivity contribution is 0.123. The summed E-state index contributed by atoms with van der Waals surface area (Å²) in [4.78, 5) is 30.9. The SMILES string of the molecule is C[C@@H]1CCCCN1Cn1cnc2c1c(=O)n(C)c(=O)n2C. The van der Waals surface area contributed by atoms with Gasteiger partial charge in [0.1, 0.15) is 0 Å². The molecule has 21 heavy (non-hydrogen) atoms. The molecule has 7 nitrogen and oxygen atoms in total. The Labute approximate surface area is 122 Å².